The van der Waals surface area contributed by atoms with Gasteiger partial charge in [-0.15, -0.1) is 0 Å². The molecule has 0 bridgehead atoms. The van der Waals surface area contributed by atoms with Gasteiger partial charge in [0, 0.05) is 25.4 Å². The topological polar surface area (TPSA) is 72.5 Å². The minimum Gasteiger partial charge on any atom is -0.460 e. The lowest BCUT2D eigenvalue weighted by Crippen LogP contribution is -2.53. The van der Waals surface area contributed by atoms with E-state index >= 15 is 0 Å². The summed E-state index contributed by atoms with van der Waals surface area (Å²) in [6.45, 7) is 15.5. The molecule has 0 amide bonds. The normalized spacial score (nSPS) is 13.1. The van der Waals surface area contributed by atoms with E-state index in [9.17, 15) is 4.79 Å². The summed E-state index contributed by atoms with van der Waals surface area (Å²) in [4.78, 5) is 11.4. The highest BCUT2D eigenvalue weighted by Gasteiger charge is 2.45. The summed E-state index contributed by atoms with van der Waals surface area (Å²) < 4.78 is 33.5. The largest absolute Gasteiger partial charge is 0.460 e. The molecule has 1 atom stereocenters. The Morgan fingerprint density at radius 3 is 2.00 bits per heavy atom. The maximum Gasteiger partial charge on any atom is 0.337 e. The average Bonchev–Trinajstić information content (AvgIpc) is 2.50. The standard InChI is InChI=1S/C17H32O7/c1-8-19-16(24-14(6)7)17(21-9-2,22-10-3)23-12-11-20-15(18)13(4)5/h14,16H,4,8-12H2,1-3,5-7H3. The third-order valence-corrected chi connectivity index (χ3v) is 2.66. The van der Waals surface area contributed by atoms with Gasteiger partial charge in [-0.1, -0.05) is 6.58 Å². The molecule has 0 aliphatic heterocycles. The second-order valence-corrected chi connectivity index (χ2v) is 5.21. The van der Waals surface area contributed by atoms with E-state index in [1.54, 1.807) is 6.92 Å². The molecule has 0 aromatic carbocycles. The van der Waals surface area contributed by atoms with E-state index in [1.165, 1.54) is 0 Å². The first-order chi connectivity index (χ1) is 11.3. The van der Waals surface area contributed by atoms with Crippen molar-refractivity contribution in [3.05, 3.63) is 12.2 Å². The number of carbonyl (C=O) groups excluding carboxylic acids is 1. The molecule has 7 nitrogen and oxygen atoms in total. The number of carbonyl (C=O) groups is 1. The van der Waals surface area contributed by atoms with Gasteiger partial charge in [0.2, 0.25) is 6.29 Å². The van der Waals surface area contributed by atoms with E-state index in [4.69, 9.17) is 28.4 Å². The number of hydrogen-bond donors (Lipinski definition) is 0. The van der Waals surface area contributed by atoms with Gasteiger partial charge in [-0.3, -0.25) is 0 Å². The smallest absolute Gasteiger partial charge is 0.337 e. The monoisotopic (exact) mass is 348 g/mol. The second-order valence-electron chi connectivity index (χ2n) is 5.21. The van der Waals surface area contributed by atoms with Crippen LogP contribution in [0.3, 0.4) is 0 Å². The Labute approximate surface area is 145 Å². The third kappa shape index (κ3) is 8.21. The SMILES string of the molecule is C=C(C)C(=O)OCCOC(OCC)(OCC)C(OCC)OC(C)C. The van der Waals surface area contributed by atoms with Gasteiger partial charge in [-0.2, -0.15) is 0 Å². The lowest BCUT2D eigenvalue weighted by Gasteiger charge is -2.38. The van der Waals surface area contributed by atoms with Crippen LogP contribution in [-0.2, 0) is 33.2 Å². The van der Waals surface area contributed by atoms with Crippen LogP contribution in [0.5, 0.6) is 0 Å². The maximum absolute atomic E-state index is 11.4. The third-order valence-electron chi connectivity index (χ3n) is 2.66. The lowest BCUT2D eigenvalue weighted by molar-refractivity contribution is -0.458. The summed E-state index contributed by atoms with van der Waals surface area (Å²) in [5.74, 6) is -2.00. The molecule has 0 heterocycles. The van der Waals surface area contributed by atoms with Crippen LogP contribution in [0, 0.1) is 0 Å². The molecule has 7 heteroatoms. The Hall–Kier alpha value is -0.990. The Morgan fingerprint density at radius 1 is 1.00 bits per heavy atom. The van der Waals surface area contributed by atoms with E-state index < -0.39 is 18.2 Å². The van der Waals surface area contributed by atoms with Crippen molar-refractivity contribution in [3.63, 3.8) is 0 Å². The van der Waals surface area contributed by atoms with E-state index in [0.717, 1.165) is 0 Å². The van der Waals surface area contributed by atoms with Gasteiger partial charge in [0.05, 0.1) is 12.7 Å². The van der Waals surface area contributed by atoms with Crippen LogP contribution in [0.2, 0.25) is 0 Å². The molecule has 0 N–H and O–H groups in total. The number of ether oxygens (including phenoxy) is 6. The second kappa shape index (κ2) is 12.4. The Morgan fingerprint density at radius 2 is 1.58 bits per heavy atom. The van der Waals surface area contributed by atoms with Gasteiger partial charge in [-0.25, -0.2) is 4.79 Å². The first kappa shape index (κ1) is 23.0. The van der Waals surface area contributed by atoms with Gasteiger partial charge in [-0.05, 0) is 41.5 Å². The molecule has 0 fully saturated rings. The highest BCUT2D eigenvalue weighted by atomic mass is 16.9. The highest BCUT2D eigenvalue weighted by molar-refractivity contribution is 5.86. The predicted octanol–water partition coefficient (Wildman–Crippen LogP) is 2.64. The van der Waals surface area contributed by atoms with Crippen LogP contribution >= 0.6 is 0 Å². The molecule has 1 unspecified atom stereocenters. The Kier molecular flexibility index (Phi) is 11.9. The summed E-state index contributed by atoms with van der Waals surface area (Å²) >= 11 is 0. The first-order valence-corrected chi connectivity index (χ1v) is 8.34. The van der Waals surface area contributed by atoms with Crippen LogP contribution in [0.4, 0.5) is 0 Å². The summed E-state index contributed by atoms with van der Waals surface area (Å²) in [5.41, 5.74) is 0.325. The number of rotatable bonds is 14. The summed E-state index contributed by atoms with van der Waals surface area (Å²) in [7, 11) is 0. The molecule has 0 aliphatic rings. The molecular formula is C17H32O7. The van der Waals surface area contributed by atoms with Crippen molar-refractivity contribution in [2.75, 3.05) is 33.0 Å². The van der Waals surface area contributed by atoms with Gasteiger partial charge in [0.1, 0.15) is 6.61 Å². The molecular weight excluding hydrogens is 316 g/mol. The minimum absolute atomic E-state index is 0.0358. The maximum atomic E-state index is 11.4. The van der Waals surface area contributed by atoms with Crippen LogP contribution < -0.4 is 0 Å². The van der Waals surface area contributed by atoms with Crippen molar-refractivity contribution < 1.29 is 33.2 Å². The molecule has 0 saturated heterocycles. The van der Waals surface area contributed by atoms with E-state index in [2.05, 4.69) is 6.58 Å². The van der Waals surface area contributed by atoms with E-state index in [1.807, 2.05) is 34.6 Å². The highest BCUT2D eigenvalue weighted by Crippen LogP contribution is 2.25. The molecule has 0 spiro atoms. The molecule has 0 radical (unpaired) electrons. The number of hydrogen-bond acceptors (Lipinski definition) is 7. The van der Waals surface area contributed by atoms with Crippen molar-refractivity contribution >= 4 is 5.97 Å². The van der Waals surface area contributed by atoms with E-state index in [0.29, 0.717) is 25.4 Å². The molecule has 0 aliphatic carbocycles. The van der Waals surface area contributed by atoms with Crippen LogP contribution in [-0.4, -0.2) is 57.4 Å². The molecule has 0 rings (SSSR count). The van der Waals surface area contributed by atoms with Crippen molar-refractivity contribution in [1.82, 2.24) is 0 Å². The fraction of sp³-hybridized carbons (Fsp3) is 0.824. The summed E-state index contributed by atoms with van der Waals surface area (Å²) in [6.07, 6.45) is -0.995. The van der Waals surface area contributed by atoms with Crippen LogP contribution in [0.25, 0.3) is 0 Å². The van der Waals surface area contributed by atoms with Gasteiger partial charge in [0.15, 0.2) is 0 Å². The first-order valence-electron chi connectivity index (χ1n) is 8.34. The zero-order valence-corrected chi connectivity index (χ0v) is 15.8. The Bertz CT molecular complexity index is 362. The fourth-order valence-corrected chi connectivity index (χ4v) is 1.80. The predicted molar refractivity (Wildman–Crippen MR) is 89.3 cm³/mol. The van der Waals surface area contributed by atoms with Crippen molar-refractivity contribution in [1.29, 1.82) is 0 Å². The molecule has 142 valence electrons. The average molecular weight is 348 g/mol. The Balaban J connectivity index is 5.00. The molecule has 0 saturated carbocycles. The zero-order chi connectivity index (χ0) is 18.6. The van der Waals surface area contributed by atoms with Crippen LogP contribution in [0.1, 0.15) is 41.5 Å². The van der Waals surface area contributed by atoms with Crippen molar-refractivity contribution in [2.24, 2.45) is 0 Å². The van der Waals surface area contributed by atoms with Crippen LogP contribution in [0.15, 0.2) is 12.2 Å². The quantitative estimate of drug-likeness (QED) is 0.207. The number of esters is 1. The lowest BCUT2D eigenvalue weighted by atomic mass is 10.4. The van der Waals surface area contributed by atoms with Crippen molar-refractivity contribution in [3.8, 4) is 0 Å². The zero-order valence-electron chi connectivity index (χ0n) is 15.8. The van der Waals surface area contributed by atoms with Gasteiger partial charge in [0.25, 0.3) is 0 Å². The summed E-state index contributed by atoms with van der Waals surface area (Å²) in [6, 6.07) is 0. The molecule has 24 heavy (non-hydrogen) atoms. The molecule has 0 aromatic rings. The fourth-order valence-electron chi connectivity index (χ4n) is 1.80. The van der Waals surface area contributed by atoms with Gasteiger partial charge < -0.3 is 28.4 Å². The summed E-state index contributed by atoms with van der Waals surface area (Å²) in [5, 5.41) is 0. The molecule has 0 aromatic heterocycles. The van der Waals surface area contributed by atoms with E-state index in [-0.39, 0.29) is 19.3 Å². The van der Waals surface area contributed by atoms with Crippen molar-refractivity contribution in [2.45, 2.75) is 59.9 Å². The van der Waals surface area contributed by atoms with Gasteiger partial charge >= 0.3 is 11.9 Å². The minimum atomic E-state index is -1.53.